The first-order chi connectivity index (χ1) is 8.31. The van der Waals surface area contributed by atoms with Gasteiger partial charge in [-0.2, -0.15) is 0 Å². The highest BCUT2D eigenvalue weighted by Gasteiger charge is 2.09. The Bertz CT molecular complexity index is 514. The molecule has 0 aromatic carbocycles. The summed E-state index contributed by atoms with van der Waals surface area (Å²) in [6.45, 7) is -0.170. The lowest BCUT2D eigenvalue weighted by Gasteiger charge is -2.07. The molecule has 0 aliphatic heterocycles. The van der Waals surface area contributed by atoms with Crippen LogP contribution in [0.3, 0.4) is 0 Å². The Morgan fingerprint density at radius 3 is 2.82 bits per heavy atom. The van der Waals surface area contributed by atoms with Crippen LogP contribution >= 0.6 is 0 Å². The molecule has 0 unspecified atom stereocenters. The lowest BCUT2D eigenvalue weighted by molar-refractivity contribution is 0.102. The summed E-state index contributed by atoms with van der Waals surface area (Å²) < 4.78 is 0. The monoisotopic (exact) mass is 229 g/mol. The maximum atomic E-state index is 11.8. The van der Waals surface area contributed by atoms with Crippen LogP contribution in [0.15, 0.2) is 42.9 Å². The van der Waals surface area contributed by atoms with Gasteiger partial charge in [0, 0.05) is 24.2 Å². The van der Waals surface area contributed by atoms with Crippen LogP contribution in [0.4, 0.5) is 5.82 Å². The standard InChI is InChI=1S/C12H11N3O2/c16-8-10-4-2-6-14-11(10)15-12(17)9-3-1-5-13-7-9/h1-7,16H,8H2,(H,14,15,17). The number of aliphatic hydroxyl groups is 1. The van der Waals surface area contributed by atoms with Gasteiger partial charge in [-0.25, -0.2) is 4.98 Å². The van der Waals surface area contributed by atoms with E-state index in [4.69, 9.17) is 5.11 Å². The maximum Gasteiger partial charge on any atom is 0.258 e. The highest BCUT2D eigenvalue weighted by atomic mass is 16.3. The number of aromatic nitrogens is 2. The minimum atomic E-state index is -0.300. The van der Waals surface area contributed by atoms with E-state index in [2.05, 4.69) is 15.3 Å². The fourth-order valence-electron chi connectivity index (χ4n) is 1.36. The lowest BCUT2D eigenvalue weighted by atomic mass is 10.2. The van der Waals surface area contributed by atoms with Crippen molar-refractivity contribution in [1.29, 1.82) is 0 Å². The summed E-state index contributed by atoms with van der Waals surface area (Å²) in [6, 6.07) is 6.74. The number of hydrogen-bond acceptors (Lipinski definition) is 4. The molecule has 0 spiro atoms. The fourth-order valence-corrected chi connectivity index (χ4v) is 1.36. The third-order valence-electron chi connectivity index (χ3n) is 2.22. The molecular weight excluding hydrogens is 218 g/mol. The van der Waals surface area contributed by atoms with Gasteiger partial charge in [0.25, 0.3) is 5.91 Å². The molecule has 0 saturated heterocycles. The number of carbonyl (C=O) groups is 1. The summed E-state index contributed by atoms with van der Waals surface area (Å²) in [5.74, 6) is 0.0651. The van der Waals surface area contributed by atoms with Crippen LogP contribution in [-0.2, 0) is 6.61 Å². The normalized spacial score (nSPS) is 9.94. The van der Waals surface area contributed by atoms with Gasteiger partial charge in [0.1, 0.15) is 5.82 Å². The molecule has 0 aliphatic rings. The van der Waals surface area contributed by atoms with Gasteiger partial charge in [-0.3, -0.25) is 9.78 Å². The first-order valence-electron chi connectivity index (χ1n) is 5.07. The smallest absolute Gasteiger partial charge is 0.258 e. The van der Waals surface area contributed by atoms with E-state index in [0.717, 1.165) is 0 Å². The predicted molar refractivity (Wildman–Crippen MR) is 62.4 cm³/mol. The summed E-state index contributed by atoms with van der Waals surface area (Å²) in [6.07, 6.45) is 4.62. The number of hydrogen-bond donors (Lipinski definition) is 2. The third-order valence-corrected chi connectivity index (χ3v) is 2.22. The number of nitrogens with one attached hydrogen (secondary N) is 1. The zero-order valence-corrected chi connectivity index (χ0v) is 9.00. The number of carbonyl (C=O) groups excluding carboxylic acids is 1. The molecule has 86 valence electrons. The summed E-state index contributed by atoms with van der Waals surface area (Å²) in [4.78, 5) is 19.7. The quantitative estimate of drug-likeness (QED) is 0.829. The van der Waals surface area contributed by atoms with Crippen molar-refractivity contribution in [3.8, 4) is 0 Å². The van der Waals surface area contributed by atoms with Crippen molar-refractivity contribution in [3.63, 3.8) is 0 Å². The van der Waals surface area contributed by atoms with Gasteiger partial charge in [0.2, 0.25) is 0 Å². The first-order valence-corrected chi connectivity index (χ1v) is 5.07. The largest absolute Gasteiger partial charge is 0.392 e. The van der Waals surface area contributed by atoms with Crippen molar-refractivity contribution in [1.82, 2.24) is 9.97 Å². The summed E-state index contributed by atoms with van der Waals surface area (Å²) in [5.41, 5.74) is 1.02. The Morgan fingerprint density at radius 2 is 2.12 bits per heavy atom. The molecule has 0 saturated carbocycles. The molecule has 2 aromatic heterocycles. The Labute approximate surface area is 98.2 Å². The van der Waals surface area contributed by atoms with Crippen molar-refractivity contribution in [2.75, 3.05) is 5.32 Å². The average Bonchev–Trinajstić information content (AvgIpc) is 2.40. The molecule has 2 aromatic rings. The van der Waals surface area contributed by atoms with Crippen LogP contribution in [0, 0.1) is 0 Å². The molecule has 2 heterocycles. The van der Waals surface area contributed by atoms with Crippen molar-refractivity contribution < 1.29 is 9.90 Å². The number of amides is 1. The van der Waals surface area contributed by atoms with Gasteiger partial charge in [-0.15, -0.1) is 0 Å². The number of rotatable bonds is 3. The van der Waals surface area contributed by atoms with Crippen molar-refractivity contribution in [2.24, 2.45) is 0 Å². The van der Waals surface area contributed by atoms with Gasteiger partial charge in [-0.05, 0) is 18.2 Å². The summed E-state index contributed by atoms with van der Waals surface area (Å²) in [7, 11) is 0. The molecule has 5 heteroatoms. The molecular formula is C12H11N3O2. The maximum absolute atomic E-state index is 11.8. The molecule has 2 rings (SSSR count). The Balaban J connectivity index is 2.19. The highest BCUT2D eigenvalue weighted by molar-refractivity contribution is 6.03. The molecule has 0 fully saturated rings. The Hall–Kier alpha value is -2.27. The van der Waals surface area contributed by atoms with Gasteiger partial charge in [0.05, 0.1) is 12.2 Å². The third kappa shape index (κ3) is 2.64. The van der Waals surface area contributed by atoms with Crippen LogP contribution < -0.4 is 5.32 Å². The minimum Gasteiger partial charge on any atom is -0.392 e. The summed E-state index contributed by atoms with van der Waals surface area (Å²) >= 11 is 0. The topological polar surface area (TPSA) is 75.1 Å². The molecule has 17 heavy (non-hydrogen) atoms. The molecule has 5 nitrogen and oxygen atoms in total. The Morgan fingerprint density at radius 1 is 1.29 bits per heavy atom. The van der Waals surface area contributed by atoms with Gasteiger partial charge in [0.15, 0.2) is 0 Å². The van der Waals surface area contributed by atoms with E-state index in [9.17, 15) is 4.79 Å². The number of aliphatic hydroxyl groups excluding tert-OH is 1. The van der Waals surface area contributed by atoms with Crippen LogP contribution in [0.25, 0.3) is 0 Å². The second-order valence-corrected chi connectivity index (χ2v) is 3.37. The Kier molecular flexibility index (Phi) is 3.42. The van der Waals surface area contributed by atoms with Crippen LogP contribution in [0.1, 0.15) is 15.9 Å². The van der Waals surface area contributed by atoms with E-state index < -0.39 is 0 Å². The average molecular weight is 229 g/mol. The van der Waals surface area contributed by atoms with E-state index in [0.29, 0.717) is 16.9 Å². The predicted octanol–water partition coefficient (Wildman–Crippen LogP) is 1.22. The minimum absolute atomic E-state index is 0.170. The van der Waals surface area contributed by atoms with Crippen LogP contribution in [0.5, 0.6) is 0 Å². The number of anilines is 1. The SMILES string of the molecule is O=C(Nc1ncccc1CO)c1cccnc1. The van der Waals surface area contributed by atoms with Crippen molar-refractivity contribution in [2.45, 2.75) is 6.61 Å². The molecule has 0 radical (unpaired) electrons. The number of nitrogens with zero attached hydrogens (tertiary/aromatic N) is 2. The zero-order valence-electron chi connectivity index (χ0n) is 9.00. The molecule has 0 bridgehead atoms. The second kappa shape index (κ2) is 5.18. The zero-order chi connectivity index (χ0) is 12.1. The van der Waals surface area contributed by atoms with Gasteiger partial charge in [-0.1, -0.05) is 6.07 Å². The van der Waals surface area contributed by atoms with Gasteiger partial charge >= 0.3 is 0 Å². The van der Waals surface area contributed by atoms with E-state index in [-0.39, 0.29) is 12.5 Å². The molecule has 0 atom stereocenters. The van der Waals surface area contributed by atoms with Crippen LogP contribution in [0.2, 0.25) is 0 Å². The van der Waals surface area contributed by atoms with Gasteiger partial charge < -0.3 is 10.4 Å². The lowest BCUT2D eigenvalue weighted by Crippen LogP contribution is -2.14. The molecule has 0 aliphatic carbocycles. The second-order valence-electron chi connectivity index (χ2n) is 3.37. The van der Waals surface area contributed by atoms with E-state index >= 15 is 0 Å². The molecule has 2 N–H and O–H groups in total. The first kappa shape index (κ1) is 11.2. The molecule has 1 amide bonds. The van der Waals surface area contributed by atoms with E-state index in [1.54, 1.807) is 36.7 Å². The number of pyridine rings is 2. The van der Waals surface area contributed by atoms with E-state index in [1.807, 2.05) is 0 Å². The fraction of sp³-hybridized carbons (Fsp3) is 0.0833. The van der Waals surface area contributed by atoms with Crippen molar-refractivity contribution >= 4 is 11.7 Å². The highest BCUT2D eigenvalue weighted by Crippen LogP contribution is 2.12. The summed E-state index contributed by atoms with van der Waals surface area (Å²) in [5, 5.41) is 11.7. The van der Waals surface area contributed by atoms with E-state index in [1.165, 1.54) is 6.20 Å². The van der Waals surface area contributed by atoms with Crippen molar-refractivity contribution in [3.05, 3.63) is 54.0 Å². The van der Waals surface area contributed by atoms with Crippen LogP contribution in [-0.4, -0.2) is 21.0 Å².